The fraction of sp³-hybridized carbons (Fsp3) is 0.462. The smallest absolute Gasteiger partial charge is 0.296 e. The van der Waals surface area contributed by atoms with Crippen LogP contribution in [0, 0.1) is 5.92 Å². The van der Waals surface area contributed by atoms with Gasteiger partial charge in [-0.25, -0.2) is 5.14 Å². The quantitative estimate of drug-likeness (QED) is 0.856. The Morgan fingerprint density at radius 1 is 1.40 bits per heavy atom. The summed E-state index contributed by atoms with van der Waals surface area (Å²) >= 11 is 0. The summed E-state index contributed by atoms with van der Waals surface area (Å²) in [6.07, 6.45) is 1.23. The van der Waals surface area contributed by atoms with E-state index in [-0.39, 0.29) is 5.91 Å². The molecule has 7 heteroatoms. The van der Waals surface area contributed by atoms with E-state index in [0.29, 0.717) is 24.6 Å². The van der Waals surface area contributed by atoms with Crippen LogP contribution in [0.3, 0.4) is 0 Å². The van der Waals surface area contributed by atoms with E-state index in [0.717, 1.165) is 17.7 Å². The van der Waals surface area contributed by atoms with Gasteiger partial charge in [0.05, 0.1) is 12.1 Å². The molecule has 3 N–H and O–H groups in total. The van der Waals surface area contributed by atoms with E-state index < -0.39 is 10.2 Å². The molecule has 0 unspecified atom stereocenters. The van der Waals surface area contributed by atoms with Gasteiger partial charge in [0.2, 0.25) is 5.91 Å². The standard InChI is InChI=1S/C13H19N3O3S/c1-9(2)5-6-16-12-4-3-11(15-20(14,18)19)7-10(12)8-13(16)17/h3-4,7,9,15H,5-6,8H2,1-2H3,(H2,14,18,19). The van der Waals surface area contributed by atoms with E-state index in [4.69, 9.17) is 5.14 Å². The number of nitrogens with zero attached hydrogens (tertiary/aromatic N) is 1. The SMILES string of the molecule is CC(C)CCN1C(=O)Cc2cc(NS(N)(=O)=O)ccc21. The lowest BCUT2D eigenvalue weighted by Gasteiger charge is -2.18. The van der Waals surface area contributed by atoms with Crippen LogP contribution in [-0.4, -0.2) is 20.9 Å². The van der Waals surface area contributed by atoms with Gasteiger partial charge in [0.1, 0.15) is 0 Å². The third-order valence-corrected chi connectivity index (χ3v) is 3.72. The highest BCUT2D eigenvalue weighted by Gasteiger charge is 2.27. The van der Waals surface area contributed by atoms with Gasteiger partial charge in [0.25, 0.3) is 10.2 Å². The van der Waals surface area contributed by atoms with E-state index in [1.54, 1.807) is 23.1 Å². The van der Waals surface area contributed by atoms with Crippen molar-refractivity contribution in [3.05, 3.63) is 23.8 Å². The molecule has 0 spiro atoms. The van der Waals surface area contributed by atoms with Crippen molar-refractivity contribution in [2.24, 2.45) is 11.1 Å². The summed E-state index contributed by atoms with van der Waals surface area (Å²) in [6, 6.07) is 5.03. The average molecular weight is 297 g/mol. The molecule has 1 aromatic rings. The number of amides is 1. The molecule has 0 atom stereocenters. The van der Waals surface area contributed by atoms with Gasteiger partial charge in [-0.1, -0.05) is 13.8 Å². The third-order valence-electron chi connectivity index (χ3n) is 3.20. The highest BCUT2D eigenvalue weighted by molar-refractivity contribution is 7.90. The van der Waals surface area contributed by atoms with E-state index >= 15 is 0 Å². The van der Waals surface area contributed by atoms with Gasteiger partial charge < -0.3 is 4.90 Å². The van der Waals surface area contributed by atoms with Crippen molar-refractivity contribution in [3.8, 4) is 0 Å². The molecule has 20 heavy (non-hydrogen) atoms. The Kier molecular flexibility index (Phi) is 4.01. The number of hydrogen-bond donors (Lipinski definition) is 2. The molecular formula is C13H19N3O3S. The van der Waals surface area contributed by atoms with Crippen LogP contribution in [0.25, 0.3) is 0 Å². The molecule has 110 valence electrons. The van der Waals surface area contributed by atoms with Crippen LogP contribution in [-0.2, 0) is 21.4 Å². The van der Waals surface area contributed by atoms with E-state index in [2.05, 4.69) is 18.6 Å². The van der Waals surface area contributed by atoms with Crippen molar-refractivity contribution in [2.45, 2.75) is 26.7 Å². The van der Waals surface area contributed by atoms with Crippen LogP contribution in [0.1, 0.15) is 25.8 Å². The lowest BCUT2D eigenvalue weighted by molar-refractivity contribution is -0.117. The minimum atomic E-state index is -3.79. The number of nitrogens with two attached hydrogens (primary N) is 1. The molecule has 0 saturated carbocycles. The molecule has 1 aromatic carbocycles. The van der Waals surface area contributed by atoms with Crippen LogP contribution >= 0.6 is 0 Å². The molecular weight excluding hydrogens is 278 g/mol. The first-order valence-corrected chi connectivity index (χ1v) is 8.05. The normalized spacial score (nSPS) is 14.8. The molecule has 0 radical (unpaired) electrons. The third kappa shape index (κ3) is 3.49. The second-order valence-electron chi connectivity index (χ2n) is 5.40. The molecule has 6 nitrogen and oxygen atoms in total. The lowest BCUT2D eigenvalue weighted by atomic mass is 10.1. The predicted octanol–water partition coefficient (Wildman–Crippen LogP) is 1.24. The molecule has 0 fully saturated rings. The van der Waals surface area contributed by atoms with Gasteiger partial charge in [-0.3, -0.25) is 9.52 Å². The molecule has 0 aliphatic carbocycles. The van der Waals surface area contributed by atoms with Crippen LogP contribution in [0.2, 0.25) is 0 Å². The van der Waals surface area contributed by atoms with Crippen molar-refractivity contribution >= 4 is 27.5 Å². The molecule has 1 aliphatic rings. The van der Waals surface area contributed by atoms with Gasteiger partial charge in [0, 0.05) is 12.2 Å². The fourth-order valence-corrected chi connectivity index (χ4v) is 2.70. The summed E-state index contributed by atoms with van der Waals surface area (Å²) in [7, 11) is -3.79. The fourth-order valence-electron chi connectivity index (χ4n) is 2.24. The Bertz CT molecular complexity index is 626. The molecule has 1 amide bonds. The number of nitrogens with one attached hydrogen (secondary N) is 1. The number of carbonyl (C=O) groups excluding carboxylic acids is 1. The van der Waals surface area contributed by atoms with Gasteiger partial charge >= 0.3 is 0 Å². The zero-order valence-corrected chi connectivity index (χ0v) is 12.4. The Morgan fingerprint density at radius 3 is 2.70 bits per heavy atom. The largest absolute Gasteiger partial charge is 0.312 e. The van der Waals surface area contributed by atoms with Gasteiger partial charge in [0.15, 0.2) is 0 Å². The maximum Gasteiger partial charge on any atom is 0.296 e. The minimum absolute atomic E-state index is 0.0494. The van der Waals surface area contributed by atoms with Crippen molar-refractivity contribution in [1.82, 2.24) is 0 Å². The summed E-state index contributed by atoms with van der Waals surface area (Å²) in [4.78, 5) is 13.8. The van der Waals surface area contributed by atoms with Crippen molar-refractivity contribution < 1.29 is 13.2 Å². The number of hydrogen-bond acceptors (Lipinski definition) is 3. The van der Waals surface area contributed by atoms with Crippen molar-refractivity contribution in [3.63, 3.8) is 0 Å². The highest BCUT2D eigenvalue weighted by atomic mass is 32.2. The van der Waals surface area contributed by atoms with Gasteiger partial charge in [-0.2, -0.15) is 8.42 Å². The average Bonchev–Trinajstić information content (AvgIpc) is 2.59. The predicted molar refractivity (Wildman–Crippen MR) is 78.7 cm³/mol. The Labute approximate surface area is 119 Å². The number of rotatable bonds is 5. The van der Waals surface area contributed by atoms with E-state index in [1.165, 1.54) is 0 Å². The topological polar surface area (TPSA) is 92.5 Å². The lowest BCUT2D eigenvalue weighted by Crippen LogP contribution is -2.28. The number of carbonyl (C=O) groups is 1. The zero-order valence-electron chi connectivity index (χ0n) is 11.6. The molecule has 0 saturated heterocycles. The summed E-state index contributed by atoms with van der Waals surface area (Å²) in [5.41, 5.74) is 2.06. The number of anilines is 2. The van der Waals surface area contributed by atoms with Crippen LogP contribution < -0.4 is 14.8 Å². The zero-order chi connectivity index (χ0) is 14.9. The molecule has 0 aromatic heterocycles. The molecule has 1 aliphatic heterocycles. The van der Waals surface area contributed by atoms with Crippen molar-refractivity contribution in [1.29, 1.82) is 0 Å². The summed E-state index contributed by atoms with van der Waals surface area (Å²) in [6.45, 7) is 4.91. The van der Waals surface area contributed by atoms with Crippen LogP contribution in [0.4, 0.5) is 11.4 Å². The first-order valence-electron chi connectivity index (χ1n) is 6.50. The highest BCUT2D eigenvalue weighted by Crippen LogP contribution is 2.31. The Morgan fingerprint density at radius 2 is 2.10 bits per heavy atom. The van der Waals surface area contributed by atoms with Crippen molar-refractivity contribution in [2.75, 3.05) is 16.2 Å². The van der Waals surface area contributed by atoms with Gasteiger partial charge in [-0.05, 0) is 36.1 Å². The first kappa shape index (κ1) is 14.8. The van der Waals surface area contributed by atoms with Crippen LogP contribution in [0.15, 0.2) is 18.2 Å². The van der Waals surface area contributed by atoms with E-state index in [9.17, 15) is 13.2 Å². The first-order chi connectivity index (χ1) is 9.26. The van der Waals surface area contributed by atoms with Crippen LogP contribution in [0.5, 0.6) is 0 Å². The summed E-state index contributed by atoms with van der Waals surface area (Å²) in [5, 5.41) is 4.93. The molecule has 1 heterocycles. The Balaban J connectivity index is 2.21. The second-order valence-corrected chi connectivity index (χ2v) is 6.69. The van der Waals surface area contributed by atoms with Gasteiger partial charge in [-0.15, -0.1) is 0 Å². The maximum atomic E-state index is 12.0. The Hall–Kier alpha value is -1.60. The maximum absolute atomic E-state index is 12.0. The second kappa shape index (κ2) is 5.41. The molecule has 0 bridgehead atoms. The monoisotopic (exact) mass is 297 g/mol. The number of benzene rings is 1. The summed E-state index contributed by atoms with van der Waals surface area (Å²) in [5.74, 6) is 0.573. The minimum Gasteiger partial charge on any atom is -0.312 e. The summed E-state index contributed by atoms with van der Waals surface area (Å²) < 4.78 is 24.2. The van der Waals surface area contributed by atoms with E-state index in [1.807, 2.05) is 0 Å². The number of fused-ring (bicyclic) bond motifs is 1. The molecule has 2 rings (SSSR count).